The Morgan fingerprint density at radius 1 is 1.05 bits per heavy atom. The van der Waals surface area contributed by atoms with Crippen LogP contribution in [0.3, 0.4) is 0 Å². The number of amides is 1. The van der Waals surface area contributed by atoms with Crippen molar-refractivity contribution < 1.29 is 23.2 Å². The molecule has 6 rings (SSSR count). The summed E-state index contributed by atoms with van der Waals surface area (Å²) in [6.45, 7) is 4.95. The highest BCUT2D eigenvalue weighted by Gasteiger charge is 2.36. The van der Waals surface area contributed by atoms with Gasteiger partial charge in [-0.2, -0.15) is 10.2 Å². The standard InChI is InChI=1S/C32H30F2N6O3/c1-3-39-17-22(31(43-39)20-9-11-25(33)26(34)14-20)13-24(41)15-28-19(2)30(37-40(28)23-7-5-4-6-8-23)21-10-12-29-36-27(32(35)42)18-38(29)16-21/h4-12,14,16,18,22,31H,3,13,15,17H2,1-2H3,(H2,35,42)/t22-,31+/m1/s1. The average molecular weight is 585 g/mol. The summed E-state index contributed by atoms with van der Waals surface area (Å²) in [7, 11) is 0. The third kappa shape index (κ3) is 5.56. The van der Waals surface area contributed by atoms with Crippen molar-refractivity contribution in [3.05, 3.63) is 107 Å². The Balaban J connectivity index is 1.32. The van der Waals surface area contributed by atoms with Crippen LogP contribution in [0.15, 0.2) is 73.1 Å². The fraction of sp³-hybridized carbons (Fsp3) is 0.250. The summed E-state index contributed by atoms with van der Waals surface area (Å²) < 4.78 is 31.2. The van der Waals surface area contributed by atoms with Crippen LogP contribution in [0.25, 0.3) is 22.6 Å². The fourth-order valence-corrected chi connectivity index (χ4v) is 5.64. The first kappa shape index (κ1) is 28.4. The van der Waals surface area contributed by atoms with Crippen molar-refractivity contribution in [1.82, 2.24) is 24.2 Å². The number of pyridine rings is 1. The number of hydrogen-bond acceptors (Lipinski definition) is 6. The lowest BCUT2D eigenvalue weighted by Gasteiger charge is -2.18. The first-order valence-electron chi connectivity index (χ1n) is 14.0. The summed E-state index contributed by atoms with van der Waals surface area (Å²) in [5.74, 6) is -2.76. The van der Waals surface area contributed by atoms with Crippen molar-refractivity contribution in [1.29, 1.82) is 0 Å². The Labute approximate surface area is 246 Å². The third-order valence-electron chi connectivity index (χ3n) is 7.83. The maximum absolute atomic E-state index is 14.1. The number of benzene rings is 2. The smallest absolute Gasteiger partial charge is 0.268 e. The predicted octanol–water partition coefficient (Wildman–Crippen LogP) is 5.00. The van der Waals surface area contributed by atoms with E-state index in [1.54, 1.807) is 26.4 Å². The number of carbonyl (C=O) groups excluding carboxylic acids is 2. The van der Waals surface area contributed by atoms with Crippen LogP contribution in [-0.2, 0) is 16.1 Å². The molecule has 2 aromatic carbocycles. The van der Waals surface area contributed by atoms with Gasteiger partial charge in [0.05, 0.1) is 17.1 Å². The Hall–Kier alpha value is -4.74. The second-order valence-corrected chi connectivity index (χ2v) is 10.7. The molecule has 0 saturated carbocycles. The molecule has 2 atom stereocenters. The number of aromatic nitrogens is 4. The summed E-state index contributed by atoms with van der Waals surface area (Å²) in [5, 5.41) is 6.67. The molecule has 0 spiro atoms. The van der Waals surface area contributed by atoms with Gasteiger partial charge >= 0.3 is 0 Å². The van der Waals surface area contributed by atoms with Crippen molar-refractivity contribution in [2.75, 3.05) is 13.1 Å². The summed E-state index contributed by atoms with van der Waals surface area (Å²) in [4.78, 5) is 35.6. The Morgan fingerprint density at radius 3 is 2.56 bits per heavy atom. The third-order valence-corrected chi connectivity index (χ3v) is 7.83. The molecule has 9 nitrogen and oxygen atoms in total. The molecular weight excluding hydrogens is 554 g/mol. The predicted molar refractivity (Wildman–Crippen MR) is 155 cm³/mol. The normalized spacial score (nSPS) is 17.1. The van der Waals surface area contributed by atoms with Crippen LogP contribution in [0, 0.1) is 24.5 Å². The highest BCUT2D eigenvalue weighted by Crippen LogP contribution is 2.37. The molecule has 1 saturated heterocycles. The molecule has 2 N–H and O–H groups in total. The van der Waals surface area contributed by atoms with Gasteiger partial charge in [0.25, 0.3) is 5.91 Å². The lowest BCUT2D eigenvalue weighted by molar-refractivity contribution is -0.146. The van der Waals surface area contributed by atoms with E-state index < -0.39 is 23.6 Å². The Kier molecular flexibility index (Phi) is 7.59. The minimum Gasteiger partial charge on any atom is -0.364 e. The SMILES string of the molecule is CCN1C[C@@H](CC(=O)Cc2c(C)c(-c3ccc4nc(C(N)=O)cn4c3)nn2-c2ccccc2)[C@H](c2ccc(F)c(F)c2)O1. The van der Waals surface area contributed by atoms with E-state index in [-0.39, 0.29) is 30.2 Å². The molecule has 1 aliphatic heterocycles. The van der Waals surface area contributed by atoms with E-state index in [9.17, 15) is 18.4 Å². The van der Waals surface area contributed by atoms with E-state index in [1.165, 1.54) is 6.07 Å². The quantitative estimate of drug-likeness (QED) is 0.261. The molecule has 0 radical (unpaired) electrons. The molecule has 4 heterocycles. The first-order chi connectivity index (χ1) is 20.7. The number of halogens is 2. The van der Waals surface area contributed by atoms with Gasteiger partial charge in [-0.05, 0) is 54.4 Å². The van der Waals surface area contributed by atoms with Crippen LogP contribution in [-0.4, -0.2) is 49.0 Å². The summed E-state index contributed by atoms with van der Waals surface area (Å²) in [6.07, 6.45) is 3.13. The molecule has 1 aliphatic rings. The summed E-state index contributed by atoms with van der Waals surface area (Å²) in [5.41, 5.74) is 10.5. The summed E-state index contributed by atoms with van der Waals surface area (Å²) in [6, 6.07) is 16.9. The minimum absolute atomic E-state index is 0.0259. The van der Waals surface area contributed by atoms with Crippen LogP contribution in [0.4, 0.5) is 8.78 Å². The molecule has 5 aromatic rings. The molecule has 1 amide bonds. The van der Waals surface area contributed by atoms with Gasteiger partial charge in [0, 0.05) is 49.8 Å². The number of ketones is 1. The van der Waals surface area contributed by atoms with Gasteiger partial charge in [0.1, 0.15) is 23.2 Å². The van der Waals surface area contributed by atoms with Crippen molar-refractivity contribution in [2.24, 2.45) is 11.7 Å². The van der Waals surface area contributed by atoms with E-state index in [0.29, 0.717) is 30.0 Å². The molecule has 0 aliphatic carbocycles. The van der Waals surface area contributed by atoms with Gasteiger partial charge in [-0.1, -0.05) is 31.2 Å². The van der Waals surface area contributed by atoms with Gasteiger partial charge in [-0.15, -0.1) is 0 Å². The molecular formula is C32H30F2N6O3. The van der Waals surface area contributed by atoms with Crippen LogP contribution >= 0.6 is 0 Å². The fourth-order valence-electron chi connectivity index (χ4n) is 5.64. The largest absolute Gasteiger partial charge is 0.364 e. The van der Waals surface area contributed by atoms with Crippen LogP contribution in [0.1, 0.15) is 46.8 Å². The van der Waals surface area contributed by atoms with Crippen molar-refractivity contribution in [3.63, 3.8) is 0 Å². The van der Waals surface area contributed by atoms with Gasteiger partial charge in [0.2, 0.25) is 0 Å². The number of rotatable bonds is 9. The van der Waals surface area contributed by atoms with Gasteiger partial charge in [-0.25, -0.2) is 18.4 Å². The van der Waals surface area contributed by atoms with E-state index in [4.69, 9.17) is 15.7 Å². The molecule has 220 valence electrons. The lowest BCUT2D eigenvalue weighted by Crippen LogP contribution is -2.20. The molecule has 3 aromatic heterocycles. The van der Waals surface area contributed by atoms with E-state index in [2.05, 4.69) is 4.98 Å². The molecule has 11 heteroatoms. The average Bonchev–Trinajstić information content (AvgIpc) is 3.70. The highest BCUT2D eigenvalue weighted by molar-refractivity contribution is 5.91. The second-order valence-electron chi connectivity index (χ2n) is 10.7. The number of imidazole rings is 1. The van der Waals surface area contributed by atoms with Gasteiger partial charge in [0.15, 0.2) is 11.6 Å². The number of carbonyl (C=O) groups is 2. The van der Waals surface area contributed by atoms with Crippen molar-refractivity contribution >= 4 is 17.3 Å². The highest BCUT2D eigenvalue weighted by atomic mass is 19.2. The molecule has 0 bridgehead atoms. The monoisotopic (exact) mass is 584 g/mol. The van der Waals surface area contributed by atoms with E-state index in [1.807, 2.05) is 56.4 Å². The molecule has 0 unspecified atom stereocenters. The number of nitrogens with two attached hydrogens (primary N) is 1. The maximum Gasteiger partial charge on any atom is 0.268 e. The molecule has 43 heavy (non-hydrogen) atoms. The first-order valence-corrected chi connectivity index (χ1v) is 14.0. The van der Waals surface area contributed by atoms with Crippen molar-refractivity contribution in [2.45, 2.75) is 32.8 Å². The minimum atomic E-state index is -0.948. The van der Waals surface area contributed by atoms with Gasteiger partial charge in [-0.3, -0.25) is 14.4 Å². The number of primary amides is 1. The van der Waals surface area contributed by atoms with Crippen LogP contribution < -0.4 is 5.73 Å². The topological polar surface area (TPSA) is 108 Å². The zero-order valence-electron chi connectivity index (χ0n) is 23.7. The molecule has 1 fully saturated rings. The number of hydroxylamine groups is 2. The van der Waals surface area contributed by atoms with E-state index in [0.717, 1.165) is 34.6 Å². The number of nitrogens with zero attached hydrogens (tertiary/aromatic N) is 5. The van der Waals surface area contributed by atoms with Gasteiger partial charge < -0.3 is 10.1 Å². The maximum atomic E-state index is 14.1. The number of para-hydroxylation sites is 1. The van der Waals surface area contributed by atoms with Crippen molar-refractivity contribution in [3.8, 4) is 16.9 Å². The van der Waals surface area contributed by atoms with Crippen LogP contribution in [0.2, 0.25) is 0 Å². The summed E-state index contributed by atoms with van der Waals surface area (Å²) >= 11 is 0. The number of fused-ring (bicyclic) bond motifs is 1. The number of hydrogen-bond donors (Lipinski definition) is 1. The Bertz CT molecular complexity index is 1830. The second kappa shape index (κ2) is 11.5. The lowest BCUT2D eigenvalue weighted by atomic mass is 9.90. The zero-order valence-corrected chi connectivity index (χ0v) is 23.7. The Morgan fingerprint density at radius 2 is 1.84 bits per heavy atom. The number of Topliss-reactive ketones (excluding diaryl/α,β-unsaturated/α-hetero) is 1. The zero-order chi connectivity index (χ0) is 30.2. The van der Waals surface area contributed by atoms with Crippen LogP contribution in [0.5, 0.6) is 0 Å². The van der Waals surface area contributed by atoms with E-state index >= 15 is 0 Å².